The Bertz CT molecular complexity index is 544. The summed E-state index contributed by atoms with van der Waals surface area (Å²) in [6, 6.07) is 4.82. The Hall–Kier alpha value is -2.08. The molecule has 2 rings (SSSR count). The molecule has 2 aromatic rings. The van der Waals surface area contributed by atoms with Gasteiger partial charge < -0.3 is 19.4 Å². The normalized spacial score (nSPS) is 12.6. The summed E-state index contributed by atoms with van der Waals surface area (Å²) in [4.78, 5) is 10.7. The van der Waals surface area contributed by atoms with Crippen molar-refractivity contribution in [3.8, 4) is 0 Å². The number of rotatable bonds is 5. The van der Waals surface area contributed by atoms with E-state index < -0.39 is 5.97 Å². The molecule has 2 heterocycles. The molecule has 0 bridgehead atoms. The summed E-state index contributed by atoms with van der Waals surface area (Å²) >= 11 is 0. The van der Waals surface area contributed by atoms with Gasteiger partial charge in [-0.2, -0.15) is 0 Å². The van der Waals surface area contributed by atoms with E-state index in [1.54, 1.807) is 6.07 Å². The summed E-state index contributed by atoms with van der Waals surface area (Å²) < 4.78 is 10.1. The molecule has 0 amide bonds. The predicted molar refractivity (Wildman–Crippen MR) is 62.2 cm³/mol. The third-order valence-electron chi connectivity index (χ3n) is 2.53. The lowest BCUT2D eigenvalue weighted by atomic mass is 10.2. The standard InChI is InChI=1S/C12H14N2O4/c1-7-5-9(14-18-7)6-13-8(2)10-3-4-11(17-10)12(15)16/h3-5,8,13H,6H2,1-2H3,(H,15,16). The average Bonchev–Trinajstić information content (AvgIpc) is 2.94. The summed E-state index contributed by atoms with van der Waals surface area (Å²) in [6.45, 7) is 4.24. The van der Waals surface area contributed by atoms with Crippen molar-refractivity contribution in [3.63, 3.8) is 0 Å². The lowest BCUT2D eigenvalue weighted by Gasteiger charge is -2.09. The smallest absolute Gasteiger partial charge is 0.371 e. The van der Waals surface area contributed by atoms with Crippen LogP contribution in [0.1, 0.15) is 40.7 Å². The quantitative estimate of drug-likeness (QED) is 0.845. The molecule has 1 unspecified atom stereocenters. The summed E-state index contributed by atoms with van der Waals surface area (Å²) in [5, 5.41) is 15.8. The van der Waals surface area contributed by atoms with Gasteiger partial charge >= 0.3 is 5.97 Å². The van der Waals surface area contributed by atoms with Crippen LogP contribution in [0.3, 0.4) is 0 Å². The summed E-state index contributed by atoms with van der Waals surface area (Å²) in [5.41, 5.74) is 0.796. The maximum atomic E-state index is 10.7. The zero-order valence-electron chi connectivity index (χ0n) is 10.1. The highest BCUT2D eigenvalue weighted by Gasteiger charge is 2.14. The second kappa shape index (κ2) is 5.05. The number of carboxylic acids is 1. The molecule has 96 valence electrons. The topological polar surface area (TPSA) is 88.5 Å². The monoisotopic (exact) mass is 250 g/mol. The molecule has 0 spiro atoms. The number of furan rings is 1. The Morgan fingerprint density at radius 1 is 1.56 bits per heavy atom. The molecular formula is C12H14N2O4. The van der Waals surface area contributed by atoms with Crippen molar-refractivity contribution in [2.75, 3.05) is 0 Å². The number of nitrogens with one attached hydrogen (secondary N) is 1. The van der Waals surface area contributed by atoms with Gasteiger partial charge in [0.05, 0.1) is 11.7 Å². The molecular weight excluding hydrogens is 236 g/mol. The molecule has 18 heavy (non-hydrogen) atoms. The maximum absolute atomic E-state index is 10.7. The Labute approximate surface area is 104 Å². The molecule has 0 saturated heterocycles. The van der Waals surface area contributed by atoms with E-state index in [1.165, 1.54) is 6.07 Å². The molecule has 0 aliphatic carbocycles. The fraction of sp³-hybridized carbons (Fsp3) is 0.333. The van der Waals surface area contributed by atoms with Crippen LogP contribution in [-0.2, 0) is 6.54 Å². The zero-order chi connectivity index (χ0) is 13.1. The number of nitrogens with zero attached hydrogens (tertiary/aromatic N) is 1. The largest absolute Gasteiger partial charge is 0.475 e. The van der Waals surface area contributed by atoms with Crippen molar-refractivity contribution < 1.29 is 18.8 Å². The summed E-state index contributed by atoms with van der Waals surface area (Å²) in [6.07, 6.45) is 0. The van der Waals surface area contributed by atoms with E-state index in [4.69, 9.17) is 14.0 Å². The van der Waals surface area contributed by atoms with Crippen LogP contribution in [0.25, 0.3) is 0 Å². The summed E-state index contributed by atoms with van der Waals surface area (Å²) in [7, 11) is 0. The van der Waals surface area contributed by atoms with E-state index in [9.17, 15) is 4.79 Å². The third-order valence-corrected chi connectivity index (χ3v) is 2.53. The van der Waals surface area contributed by atoms with Crippen molar-refractivity contribution in [1.82, 2.24) is 10.5 Å². The average molecular weight is 250 g/mol. The number of aromatic nitrogens is 1. The van der Waals surface area contributed by atoms with Crippen LogP contribution in [0, 0.1) is 6.92 Å². The predicted octanol–water partition coefficient (Wildman–Crippen LogP) is 2.13. The number of carboxylic acid groups (broad SMARTS) is 1. The molecule has 0 fully saturated rings. The first-order valence-electron chi connectivity index (χ1n) is 5.55. The van der Waals surface area contributed by atoms with E-state index in [1.807, 2.05) is 19.9 Å². The van der Waals surface area contributed by atoms with Crippen LogP contribution < -0.4 is 5.32 Å². The first kappa shape index (κ1) is 12.4. The Balaban J connectivity index is 1.94. The first-order chi connectivity index (χ1) is 8.56. The number of aryl methyl sites for hydroxylation is 1. The molecule has 2 aromatic heterocycles. The molecule has 6 heteroatoms. The van der Waals surface area contributed by atoms with E-state index in [0.717, 1.165) is 11.5 Å². The van der Waals surface area contributed by atoms with E-state index in [2.05, 4.69) is 10.5 Å². The van der Waals surface area contributed by atoms with Gasteiger partial charge in [-0.05, 0) is 26.0 Å². The lowest BCUT2D eigenvalue weighted by molar-refractivity contribution is 0.0659. The zero-order valence-corrected chi connectivity index (χ0v) is 10.1. The highest BCUT2D eigenvalue weighted by atomic mass is 16.5. The van der Waals surface area contributed by atoms with Crippen molar-refractivity contribution in [3.05, 3.63) is 41.2 Å². The van der Waals surface area contributed by atoms with Crippen LogP contribution in [0.15, 0.2) is 27.1 Å². The number of carbonyl (C=O) groups is 1. The van der Waals surface area contributed by atoms with Crippen molar-refractivity contribution in [2.45, 2.75) is 26.4 Å². The van der Waals surface area contributed by atoms with Crippen LogP contribution in [-0.4, -0.2) is 16.2 Å². The molecule has 0 aliphatic heterocycles. The highest BCUT2D eigenvalue weighted by Crippen LogP contribution is 2.16. The molecule has 0 saturated carbocycles. The van der Waals surface area contributed by atoms with Crippen molar-refractivity contribution >= 4 is 5.97 Å². The Morgan fingerprint density at radius 2 is 2.33 bits per heavy atom. The SMILES string of the molecule is Cc1cc(CNC(C)c2ccc(C(=O)O)o2)no1. The fourth-order valence-electron chi connectivity index (χ4n) is 1.56. The Kier molecular flexibility index (Phi) is 3.47. The van der Waals surface area contributed by atoms with Crippen LogP contribution in [0.4, 0.5) is 0 Å². The molecule has 0 aliphatic rings. The number of hydrogen-bond donors (Lipinski definition) is 2. The van der Waals surface area contributed by atoms with Gasteiger partial charge in [0, 0.05) is 12.6 Å². The lowest BCUT2D eigenvalue weighted by Crippen LogP contribution is -2.17. The molecule has 6 nitrogen and oxygen atoms in total. The van der Waals surface area contributed by atoms with Crippen LogP contribution in [0.2, 0.25) is 0 Å². The molecule has 1 atom stereocenters. The van der Waals surface area contributed by atoms with E-state index >= 15 is 0 Å². The maximum Gasteiger partial charge on any atom is 0.371 e. The van der Waals surface area contributed by atoms with Gasteiger partial charge in [0.25, 0.3) is 0 Å². The minimum Gasteiger partial charge on any atom is -0.475 e. The van der Waals surface area contributed by atoms with Gasteiger partial charge in [-0.25, -0.2) is 4.79 Å². The molecule has 0 radical (unpaired) electrons. The number of aromatic carboxylic acids is 1. The van der Waals surface area contributed by atoms with Gasteiger partial charge in [-0.1, -0.05) is 5.16 Å². The van der Waals surface area contributed by atoms with Gasteiger partial charge in [-0.15, -0.1) is 0 Å². The van der Waals surface area contributed by atoms with Crippen LogP contribution in [0.5, 0.6) is 0 Å². The van der Waals surface area contributed by atoms with Gasteiger partial charge in [0.1, 0.15) is 11.5 Å². The van der Waals surface area contributed by atoms with E-state index in [0.29, 0.717) is 12.3 Å². The second-order valence-corrected chi connectivity index (χ2v) is 4.04. The first-order valence-corrected chi connectivity index (χ1v) is 5.55. The van der Waals surface area contributed by atoms with Gasteiger partial charge in [0.15, 0.2) is 0 Å². The Morgan fingerprint density at radius 3 is 2.89 bits per heavy atom. The second-order valence-electron chi connectivity index (χ2n) is 4.04. The van der Waals surface area contributed by atoms with Gasteiger partial charge in [-0.3, -0.25) is 0 Å². The summed E-state index contributed by atoms with van der Waals surface area (Å²) in [5.74, 6) is 0.203. The number of hydrogen-bond acceptors (Lipinski definition) is 5. The van der Waals surface area contributed by atoms with Crippen molar-refractivity contribution in [1.29, 1.82) is 0 Å². The van der Waals surface area contributed by atoms with Crippen molar-refractivity contribution in [2.24, 2.45) is 0 Å². The minimum atomic E-state index is -1.07. The highest BCUT2D eigenvalue weighted by molar-refractivity contribution is 5.84. The van der Waals surface area contributed by atoms with E-state index in [-0.39, 0.29) is 11.8 Å². The third kappa shape index (κ3) is 2.78. The fourth-order valence-corrected chi connectivity index (χ4v) is 1.56. The van der Waals surface area contributed by atoms with Gasteiger partial charge in [0.2, 0.25) is 5.76 Å². The van der Waals surface area contributed by atoms with Crippen LogP contribution >= 0.6 is 0 Å². The molecule has 0 aromatic carbocycles. The molecule has 2 N–H and O–H groups in total. The minimum absolute atomic E-state index is 0.0593.